The van der Waals surface area contributed by atoms with Gasteiger partial charge in [-0.25, -0.2) is 0 Å². The molecule has 13 aromatic rings. The Hall–Kier alpha value is -7.69. The van der Waals surface area contributed by atoms with Gasteiger partial charge in [0.15, 0.2) is 0 Å². The average molecular weight is 752 g/mol. The summed E-state index contributed by atoms with van der Waals surface area (Å²) in [4.78, 5) is 0. The molecule has 0 saturated heterocycles. The number of para-hydroxylation sites is 2. The first-order chi connectivity index (χ1) is 29.8. The molecule has 9 aromatic carbocycles. The second-order valence-electron chi connectivity index (χ2n) is 17.9. The average Bonchev–Trinajstić information content (AvgIpc) is 3.96. The predicted octanol–water partition coefficient (Wildman–Crippen LogP) is 8.29. The minimum Gasteiger partial charge on any atom is -0.307 e. The molecule has 0 spiro atoms. The van der Waals surface area contributed by atoms with Crippen LogP contribution in [0.25, 0.3) is 121 Å². The highest BCUT2D eigenvalue weighted by Gasteiger charge is 2.50. The van der Waals surface area contributed by atoms with Crippen LogP contribution < -0.4 is 32.8 Å². The van der Waals surface area contributed by atoms with E-state index < -0.39 is 0 Å². The summed E-state index contributed by atoms with van der Waals surface area (Å²) >= 11 is 0. The van der Waals surface area contributed by atoms with Crippen molar-refractivity contribution in [1.29, 1.82) is 0 Å². The van der Waals surface area contributed by atoms with E-state index in [1.165, 1.54) is 154 Å². The fourth-order valence-electron chi connectivity index (χ4n) is 13.6. The Bertz CT molecular complexity index is 4080. The fourth-order valence-corrected chi connectivity index (χ4v) is 13.6. The Morgan fingerprint density at radius 2 is 0.767 bits per heavy atom. The van der Waals surface area contributed by atoms with Crippen LogP contribution in [-0.2, 0) is 0 Å². The lowest BCUT2D eigenvalue weighted by Crippen LogP contribution is -2.62. The summed E-state index contributed by atoms with van der Waals surface area (Å²) in [7, 11) is 0. The van der Waals surface area contributed by atoms with Gasteiger partial charge in [-0.15, -0.1) is 0 Å². The summed E-state index contributed by atoms with van der Waals surface area (Å²) in [6.45, 7) is 0.167. The molecule has 0 fully saturated rings. The van der Waals surface area contributed by atoms with Gasteiger partial charge in [-0.2, -0.15) is 0 Å². The predicted molar refractivity (Wildman–Crippen MR) is 251 cm³/mol. The number of hydrogen-bond donors (Lipinski definition) is 0. The molecule has 0 N–H and O–H groups in total. The van der Waals surface area contributed by atoms with Crippen LogP contribution in [0.1, 0.15) is 0 Å². The number of rotatable bonds is 2. The molecule has 18 rings (SSSR count). The molecular formula is C54H26B2N4. The van der Waals surface area contributed by atoms with E-state index in [4.69, 9.17) is 0 Å². The molecule has 0 amide bonds. The van der Waals surface area contributed by atoms with Crippen molar-refractivity contribution in [3.05, 3.63) is 158 Å². The second kappa shape index (κ2) is 8.97. The van der Waals surface area contributed by atoms with E-state index in [-0.39, 0.29) is 13.4 Å². The standard InChI is InChI=1S/C54H26B2N4/c1-3-9-27(10-4-1)29-17-23-39-37(25-29)55-38-26-30(28-11-5-2-6-12-28)18-24-40(38)58-42-16-8-14-34-36-22-20-32-31-19-21-35-33-13-7-15-41-47(33)59-49(35)43(31)56-44(32)50(36)60(48(34)42)54-46(56)53(59)51(57(39)41)45(55)52(54)58/h1-26H. The minimum atomic E-state index is 0.00373. The lowest BCUT2D eigenvalue weighted by atomic mass is 9.32. The van der Waals surface area contributed by atoms with Crippen molar-refractivity contribution in [3.63, 3.8) is 0 Å². The highest BCUT2D eigenvalue weighted by Crippen LogP contribution is 2.48. The third-order valence-electron chi connectivity index (χ3n) is 15.6. The smallest absolute Gasteiger partial charge is 0.254 e. The summed E-state index contributed by atoms with van der Waals surface area (Å²) in [6, 6.07) is 60.4. The second-order valence-corrected chi connectivity index (χ2v) is 17.9. The zero-order valence-corrected chi connectivity index (χ0v) is 32.0. The molecule has 9 heterocycles. The van der Waals surface area contributed by atoms with Gasteiger partial charge in [0.05, 0.1) is 55.2 Å². The molecule has 4 aromatic heterocycles. The Morgan fingerprint density at radius 1 is 0.300 bits per heavy atom. The number of hydrogen-bond acceptors (Lipinski definition) is 0. The molecule has 0 unspecified atom stereocenters. The van der Waals surface area contributed by atoms with Crippen LogP contribution in [0.4, 0.5) is 0 Å². The van der Waals surface area contributed by atoms with Gasteiger partial charge in [0.1, 0.15) is 0 Å². The van der Waals surface area contributed by atoms with E-state index in [0.29, 0.717) is 0 Å². The topological polar surface area (TPSA) is 18.7 Å². The Balaban J connectivity index is 1.19. The number of fused-ring (bicyclic) bond motifs is 11. The number of aromatic nitrogens is 4. The highest BCUT2D eigenvalue weighted by molar-refractivity contribution is 7.06. The number of benzene rings is 9. The first-order valence-electron chi connectivity index (χ1n) is 21.3. The highest BCUT2D eigenvalue weighted by atomic mass is 15.1. The van der Waals surface area contributed by atoms with E-state index >= 15 is 0 Å². The molecule has 5 aliphatic rings. The van der Waals surface area contributed by atoms with Crippen LogP contribution in [0, 0.1) is 0 Å². The summed E-state index contributed by atoms with van der Waals surface area (Å²) in [5.74, 6) is 0. The third-order valence-corrected chi connectivity index (χ3v) is 15.6. The van der Waals surface area contributed by atoms with Crippen molar-refractivity contribution in [3.8, 4) is 44.8 Å². The van der Waals surface area contributed by atoms with E-state index in [1.54, 1.807) is 0 Å². The van der Waals surface area contributed by atoms with Crippen LogP contribution in [0.2, 0.25) is 0 Å². The Morgan fingerprint density at radius 3 is 1.27 bits per heavy atom. The largest absolute Gasteiger partial charge is 0.307 e. The normalized spacial score (nSPS) is 14.3. The third kappa shape index (κ3) is 2.71. The van der Waals surface area contributed by atoms with Crippen molar-refractivity contribution in [1.82, 2.24) is 17.9 Å². The van der Waals surface area contributed by atoms with Crippen LogP contribution in [0.15, 0.2) is 158 Å². The maximum absolute atomic E-state index is 2.74. The van der Waals surface area contributed by atoms with Crippen LogP contribution in [-0.4, -0.2) is 31.4 Å². The van der Waals surface area contributed by atoms with Crippen molar-refractivity contribution in [2.75, 3.05) is 0 Å². The zero-order valence-electron chi connectivity index (χ0n) is 32.0. The molecule has 6 heteroatoms. The maximum Gasteiger partial charge on any atom is 0.254 e. The van der Waals surface area contributed by atoms with Gasteiger partial charge in [-0.05, 0) is 90.4 Å². The van der Waals surface area contributed by atoms with Gasteiger partial charge in [-0.3, -0.25) is 0 Å². The van der Waals surface area contributed by atoms with Crippen molar-refractivity contribution in [2.24, 2.45) is 0 Å². The van der Waals surface area contributed by atoms with E-state index in [0.717, 1.165) is 0 Å². The molecule has 5 aliphatic heterocycles. The van der Waals surface area contributed by atoms with E-state index in [9.17, 15) is 0 Å². The van der Waals surface area contributed by atoms with Gasteiger partial charge >= 0.3 is 0 Å². The van der Waals surface area contributed by atoms with Gasteiger partial charge in [0, 0.05) is 32.9 Å². The molecule has 268 valence electrons. The van der Waals surface area contributed by atoms with Crippen LogP contribution in [0.5, 0.6) is 0 Å². The number of nitrogens with zero attached hydrogens (tertiary/aromatic N) is 4. The lowest BCUT2D eigenvalue weighted by molar-refractivity contribution is 1.12. The molecular weight excluding hydrogens is 726 g/mol. The minimum absolute atomic E-state index is 0.00373. The summed E-state index contributed by atoms with van der Waals surface area (Å²) in [6.07, 6.45) is 0. The van der Waals surface area contributed by atoms with Gasteiger partial charge < -0.3 is 17.9 Å². The quantitative estimate of drug-likeness (QED) is 0.125. The maximum atomic E-state index is 2.74. The van der Waals surface area contributed by atoms with Crippen molar-refractivity contribution in [2.45, 2.75) is 0 Å². The van der Waals surface area contributed by atoms with E-state index in [1.807, 2.05) is 0 Å². The summed E-state index contributed by atoms with van der Waals surface area (Å²) in [5.41, 5.74) is 32.5. The zero-order chi connectivity index (χ0) is 38.0. The van der Waals surface area contributed by atoms with E-state index in [2.05, 4.69) is 176 Å². The van der Waals surface area contributed by atoms with Crippen molar-refractivity contribution < 1.29 is 0 Å². The lowest BCUT2D eigenvalue weighted by Gasteiger charge is -2.40. The molecule has 0 radical (unpaired) electrons. The molecule has 4 nitrogen and oxygen atoms in total. The Labute approximate surface area is 341 Å². The summed E-state index contributed by atoms with van der Waals surface area (Å²) in [5, 5.41) is 5.40. The molecule has 0 saturated carbocycles. The van der Waals surface area contributed by atoms with Crippen LogP contribution >= 0.6 is 0 Å². The molecule has 60 heavy (non-hydrogen) atoms. The first-order valence-corrected chi connectivity index (χ1v) is 21.3. The monoisotopic (exact) mass is 752 g/mol. The fraction of sp³-hybridized carbons (Fsp3) is 0. The molecule has 0 atom stereocenters. The Kier molecular flexibility index (Phi) is 4.29. The van der Waals surface area contributed by atoms with Gasteiger partial charge in [-0.1, -0.05) is 133 Å². The first kappa shape index (κ1) is 28.7. The summed E-state index contributed by atoms with van der Waals surface area (Å²) < 4.78 is 10.9. The molecule has 0 bridgehead atoms. The van der Waals surface area contributed by atoms with Crippen molar-refractivity contribution >= 4 is 123 Å². The van der Waals surface area contributed by atoms with Gasteiger partial charge in [0.2, 0.25) is 0 Å². The van der Waals surface area contributed by atoms with Gasteiger partial charge in [0.25, 0.3) is 13.4 Å². The van der Waals surface area contributed by atoms with Crippen LogP contribution in [0.3, 0.4) is 0 Å². The molecule has 0 aliphatic carbocycles. The SMILES string of the molecule is c1ccc(-c2ccc3c(c2)B2c4cc(-c5ccccc5)ccc4-n4c5cccc6c7ccc8c9c7n(c7c%10c%11c(c2c74)n-3c2cccc3c4ccc-8c(c4n%11c32)B9%10)c65)cc1.